The minimum Gasteiger partial charge on any atom is -0.345 e. The first-order valence-electron chi connectivity index (χ1n) is 4.55. The smallest absolute Gasteiger partial charge is 0.323 e. The molecule has 1 N–H and O–H groups in total. The number of carbonyl (C=O) groups excluding carboxylic acids is 2. The molecule has 7 nitrogen and oxygen atoms in total. The van der Waals surface area contributed by atoms with Crippen LogP contribution in [0.1, 0.15) is 0 Å². The summed E-state index contributed by atoms with van der Waals surface area (Å²) in [5.74, 6) is -0.441. The van der Waals surface area contributed by atoms with E-state index in [2.05, 4.69) is 5.32 Å². The van der Waals surface area contributed by atoms with E-state index in [9.17, 15) is 9.59 Å². The highest BCUT2D eigenvalue weighted by molar-refractivity contribution is 5.96. The maximum atomic E-state index is 11.7. The molecule has 2 heterocycles. The van der Waals surface area contributed by atoms with Crippen LogP contribution >= 0.6 is 0 Å². The Morgan fingerprint density at radius 1 is 1.33 bits per heavy atom. The van der Waals surface area contributed by atoms with E-state index < -0.39 is 24.3 Å². The lowest BCUT2D eigenvalue weighted by Crippen LogP contribution is -2.48. The lowest BCUT2D eigenvalue weighted by Gasteiger charge is -2.23. The number of rotatable bonds is 1. The Balaban J connectivity index is 1.91. The van der Waals surface area contributed by atoms with Gasteiger partial charge in [-0.3, -0.25) is 9.69 Å². The molecule has 0 aromatic heterocycles. The van der Waals surface area contributed by atoms with Crippen LogP contribution in [0.15, 0.2) is 0 Å². The molecule has 2 saturated heterocycles. The van der Waals surface area contributed by atoms with Crippen LogP contribution in [0.5, 0.6) is 0 Å². The standard InChI is InChI=1S/C8H12N2O5/c1-9-8(12)10(2)5(11)4-3-13-6-7(14-4)15-6/h4,6-7H,3H2,1-2H3,(H,9,12). The van der Waals surface area contributed by atoms with Crippen LogP contribution in [-0.4, -0.2) is 56.2 Å². The number of carbonyl (C=O) groups is 2. The number of likely N-dealkylation sites (N-methyl/N-ethyl adjacent to an activating group) is 1. The molecule has 3 unspecified atom stereocenters. The van der Waals surface area contributed by atoms with Gasteiger partial charge >= 0.3 is 6.03 Å². The van der Waals surface area contributed by atoms with E-state index in [1.165, 1.54) is 14.1 Å². The second kappa shape index (κ2) is 3.76. The Kier molecular flexibility index (Phi) is 2.59. The second-order valence-corrected chi connectivity index (χ2v) is 3.28. The second-order valence-electron chi connectivity index (χ2n) is 3.28. The predicted octanol–water partition coefficient (Wildman–Crippen LogP) is -1.12. The fourth-order valence-corrected chi connectivity index (χ4v) is 1.30. The van der Waals surface area contributed by atoms with Crippen LogP contribution in [0.3, 0.4) is 0 Å². The SMILES string of the molecule is CNC(=O)N(C)C(=O)C1COC2OC2O1. The van der Waals surface area contributed by atoms with Gasteiger partial charge < -0.3 is 19.5 Å². The highest BCUT2D eigenvalue weighted by Gasteiger charge is 2.49. The first kappa shape index (κ1) is 10.3. The molecule has 2 aliphatic rings. The summed E-state index contributed by atoms with van der Waals surface area (Å²) in [6.45, 7) is 0.112. The Morgan fingerprint density at radius 2 is 2.07 bits per heavy atom. The van der Waals surface area contributed by atoms with Crippen molar-refractivity contribution < 1.29 is 23.8 Å². The summed E-state index contributed by atoms with van der Waals surface area (Å²) in [4.78, 5) is 23.8. The Hall–Kier alpha value is -1.18. The van der Waals surface area contributed by atoms with Gasteiger partial charge in [0.25, 0.3) is 5.91 Å². The lowest BCUT2D eigenvalue weighted by molar-refractivity contribution is -0.155. The maximum absolute atomic E-state index is 11.7. The van der Waals surface area contributed by atoms with Crippen molar-refractivity contribution in [3.8, 4) is 0 Å². The summed E-state index contributed by atoms with van der Waals surface area (Å²) >= 11 is 0. The van der Waals surface area contributed by atoms with E-state index in [4.69, 9.17) is 14.2 Å². The van der Waals surface area contributed by atoms with Gasteiger partial charge in [0.15, 0.2) is 6.10 Å². The average molecular weight is 216 g/mol. The number of fused-ring (bicyclic) bond motifs is 1. The minimum atomic E-state index is -0.768. The predicted molar refractivity (Wildman–Crippen MR) is 46.7 cm³/mol. The van der Waals surface area contributed by atoms with Gasteiger partial charge in [-0.15, -0.1) is 0 Å². The number of hydrogen-bond acceptors (Lipinski definition) is 5. The summed E-state index contributed by atoms with van der Waals surface area (Å²) in [6, 6.07) is -0.484. The van der Waals surface area contributed by atoms with Crippen molar-refractivity contribution in [3.05, 3.63) is 0 Å². The van der Waals surface area contributed by atoms with Crippen molar-refractivity contribution in [1.82, 2.24) is 10.2 Å². The fraction of sp³-hybridized carbons (Fsp3) is 0.750. The maximum Gasteiger partial charge on any atom is 0.323 e. The molecule has 0 bridgehead atoms. The van der Waals surface area contributed by atoms with Crippen molar-refractivity contribution in [2.24, 2.45) is 0 Å². The Bertz CT molecular complexity index is 295. The molecule has 0 aromatic carbocycles. The largest absolute Gasteiger partial charge is 0.345 e. The van der Waals surface area contributed by atoms with Crippen molar-refractivity contribution >= 4 is 11.9 Å². The summed E-state index contributed by atoms with van der Waals surface area (Å²) in [5, 5.41) is 2.34. The molecule has 0 radical (unpaired) electrons. The molecule has 2 aliphatic heterocycles. The van der Waals surface area contributed by atoms with Crippen molar-refractivity contribution in [1.29, 1.82) is 0 Å². The zero-order valence-corrected chi connectivity index (χ0v) is 8.43. The summed E-state index contributed by atoms with van der Waals surface area (Å²) < 4.78 is 15.3. The molecular formula is C8H12N2O5. The molecule has 0 spiro atoms. The molecule has 0 aromatic rings. The fourth-order valence-electron chi connectivity index (χ4n) is 1.30. The van der Waals surface area contributed by atoms with Gasteiger partial charge in [-0.05, 0) is 0 Å². The third-order valence-electron chi connectivity index (χ3n) is 2.25. The number of imide groups is 1. The van der Waals surface area contributed by atoms with Crippen molar-refractivity contribution in [2.75, 3.05) is 20.7 Å². The molecule has 84 valence electrons. The number of epoxide rings is 1. The molecule has 3 atom stereocenters. The van der Waals surface area contributed by atoms with E-state index in [1.54, 1.807) is 0 Å². The first-order valence-corrected chi connectivity index (χ1v) is 4.55. The van der Waals surface area contributed by atoms with E-state index in [-0.39, 0.29) is 12.9 Å². The van der Waals surface area contributed by atoms with Crippen LogP contribution in [0.2, 0.25) is 0 Å². The van der Waals surface area contributed by atoms with Gasteiger partial charge in [0.05, 0.1) is 6.61 Å². The lowest BCUT2D eigenvalue weighted by atomic mass is 10.3. The zero-order chi connectivity index (χ0) is 11.0. The number of ether oxygens (including phenoxy) is 3. The highest BCUT2D eigenvalue weighted by Crippen LogP contribution is 2.30. The van der Waals surface area contributed by atoms with E-state index in [0.717, 1.165) is 4.90 Å². The zero-order valence-electron chi connectivity index (χ0n) is 8.43. The molecule has 0 aliphatic carbocycles. The van der Waals surface area contributed by atoms with Gasteiger partial charge in [0.1, 0.15) is 0 Å². The van der Waals surface area contributed by atoms with Gasteiger partial charge in [-0.2, -0.15) is 0 Å². The number of nitrogens with one attached hydrogen (secondary N) is 1. The molecule has 7 heteroatoms. The molecule has 3 amide bonds. The number of hydrogen-bond donors (Lipinski definition) is 1. The monoisotopic (exact) mass is 216 g/mol. The third-order valence-corrected chi connectivity index (χ3v) is 2.25. The Morgan fingerprint density at radius 3 is 2.67 bits per heavy atom. The van der Waals surface area contributed by atoms with Crippen LogP contribution in [0.4, 0.5) is 4.79 Å². The quantitative estimate of drug-likeness (QED) is 0.562. The van der Waals surface area contributed by atoms with E-state index >= 15 is 0 Å². The van der Waals surface area contributed by atoms with E-state index in [1.807, 2.05) is 0 Å². The normalized spacial score (nSPS) is 32.8. The van der Waals surface area contributed by atoms with Crippen LogP contribution in [0.25, 0.3) is 0 Å². The number of urea groups is 1. The summed E-state index contributed by atoms with van der Waals surface area (Å²) in [5.41, 5.74) is 0. The molecular weight excluding hydrogens is 204 g/mol. The van der Waals surface area contributed by atoms with Crippen molar-refractivity contribution in [3.63, 3.8) is 0 Å². The topological polar surface area (TPSA) is 80.4 Å². The van der Waals surface area contributed by atoms with Crippen LogP contribution < -0.4 is 5.32 Å². The average Bonchev–Trinajstić information content (AvgIpc) is 3.03. The Labute approximate surface area is 86.3 Å². The first-order chi connectivity index (χ1) is 7.13. The number of nitrogens with zero attached hydrogens (tertiary/aromatic N) is 1. The number of amides is 3. The summed E-state index contributed by atoms with van der Waals surface area (Å²) in [7, 11) is 2.83. The van der Waals surface area contributed by atoms with Gasteiger partial charge in [0.2, 0.25) is 12.6 Å². The molecule has 2 rings (SSSR count). The molecule has 0 saturated carbocycles. The van der Waals surface area contributed by atoms with E-state index in [0.29, 0.717) is 0 Å². The van der Waals surface area contributed by atoms with Gasteiger partial charge in [-0.1, -0.05) is 0 Å². The van der Waals surface area contributed by atoms with Gasteiger partial charge in [-0.25, -0.2) is 4.79 Å². The third kappa shape index (κ3) is 1.94. The minimum absolute atomic E-state index is 0.112. The van der Waals surface area contributed by atoms with Crippen LogP contribution in [0, 0.1) is 0 Å². The molecule has 2 fully saturated rings. The van der Waals surface area contributed by atoms with Crippen LogP contribution in [-0.2, 0) is 19.0 Å². The summed E-state index contributed by atoms with van der Waals surface area (Å²) in [6.07, 6.45) is -1.55. The van der Waals surface area contributed by atoms with Crippen molar-refractivity contribution in [2.45, 2.75) is 18.7 Å². The molecule has 15 heavy (non-hydrogen) atoms. The highest BCUT2D eigenvalue weighted by atomic mass is 16.9. The van der Waals surface area contributed by atoms with Gasteiger partial charge in [0, 0.05) is 14.1 Å².